The van der Waals surface area contributed by atoms with Gasteiger partial charge in [0, 0.05) is 16.3 Å². The van der Waals surface area contributed by atoms with Crippen LogP contribution >= 0.6 is 0 Å². The van der Waals surface area contributed by atoms with Crippen molar-refractivity contribution < 1.29 is 9.53 Å². The van der Waals surface area contributed by atoms with E-state index in [4.69, 9.17) is 11.3 Å². The van der Waals surface area contributed by atoms with E-state index in [2.05, 4.69) is 14.8 Å². The van der Waals surface area contributed by atoms with E-state index in [0.717, 1.165) is 0 Å². The standard InChI is InChI=1S/C9H10N4O2/c1-5-7(10)3-6(9(14)15-2)4-8(5)12-13-11/h3-4H,10H2,1-2H3. The summed E-state index contributed by atoms with van der Waals surface area (Å²) in [6.45, 7) is 1.71. The van der Waals surface area contributed by atoms with Crippen molar-refractivity contribution >= 4 is 17.3 Å². The van der Waals surface area contributed by atoms with Gasteiger partial charge in [0.1, 0.15) is 0 Å². The Kier molecular flexibility index (Phi) is 3.15. The van der Waals surface area contributed by atoms with Gasteiger partial charge in [-0.2, -0.15) is 0 Å². The van der Waals surface area contributed by atoms with Crippen LogP contribution in [0.15, 0.2) is 17.2 Å². The second-order valence-corrected chi connectivity index (χ2v) is 2.89. The molecule has 6 nitrogen and oxygen atoms in total. The number of methoxy groups -OCH3 is 1. The largest absolute Gasteiger partial charge is 0.465 e. The fraction of sp³-hybridized carbons (Fsp3) is 0.222. The summed E-state index contributed by atoms with van der Waals surface area (Å²) in [6.07, 6.45) is 0. The van der Waals surface area contributed by atoms with Gasteiger partial charge in [-0.05, 0) is 30.2 Å². The molecule has 1 aromatic carbocycles. The summed E-state index contributed by atoms with van der Waals surface area (Å²) in [5.74, 6) is -0.518. The molecule has 0 saturated carbocycles. The summed E-state index contributed by atoms with van der Waals surface area (Å²) in [6, 6.07) is 2.93. The number of nitrogens with zero attached hydrogens (tertiary/aromatic N) is 3. The lowest BCUT2D eigenvalue weighted by Crippen LogP contribution is -2.03. The minimum absolute atomic E-state index is 0.267. The van der Waals surface area contributed by atoms with Crippen molar-refractivity contribution in [3.63, 3.8) is 0 Å². The monoisotopic (exact) mass is 206 g/mol. The molecule has 2 N–H and O–H groups in total. The average molecular weight is 206 g/mol. The molecule has 0 unspecified atom stereocenters. The maximum atomic E-state index is 11.2. The number of carbonyl (C=O) groups is 1. The zero-order valence-corrected chi connectivity index (χ0v) is 8.39. The molecule has 0 bridgehead atoms. The number of benzene rings is 1. The van der Waals surface area contributed by atoms with E-state index in [1.807, 2.05) is 0 Å². The molecule has 0 aromatic heterocycles. The lowest BCUT2D eigenvalue weighted by atomic mass is 10.1. The molecule has 0 spiro atoms. The van der Waals surface area contributed by atoms with Crippen molar-refractivity contribution in [2.75, 3.05) is 12.8 Å². The predicted molar refractivity (Wildman–Crippen MR) is 55.7 cm³/mol. The molecule has 1 rings (SSSR count). The Morgan fingerprint density at radius 3 is 2.80 bits per heavy atom. The van der Waals surface area contributed by atoms with Crippen LogP contribution in [-0.2, 0) is 4.74 Å². The van der Waals surface area contributed by atoms with E-state index >= 15 is 0 Å². The fourth-order valence-electron chi connectivity index (χ4n) is 1.11. The van der Waals surface area contributed by atoms with E-state index < -0.39 is 5.97 Å². The summed E-state index contributed by atoms with van der Waals surface area (Å²) in [4.78, 5) is 13.9. The van der Waals surface area contributed by atoms with Crippen molar-refractivity contribution in [3.05, 3.63) is 33.7 Å². The van der Waals surface area contributed by atoms with Crippen LogP contribution in [-0.4, -0.2) is 13.1 Å². The molecule has 0 saturated heterocycles. The van der Waals surface area contributed by atoms with Crippen LogP contribution in [0.3, 0.4) is 0 Å². The van der Waals surface area contributed by atoms with Crippen LogP contribution in [0.1, 0.15) is 15.9 Å². The molecule has 1 aromatic rings. The third-order valence-electron chi connectivity index (χ3n) is 1.99. The van der Waals surface area contributed by atoms with Gasteiger partial charge in [0.25, 0.3) is 0 Å². The first kappa shape index (κ1) is 10.9. The molecular weight excluding hydrogens is 196 g/mol. The summed E-state index contributed by atoms with van der Waals surface area (Å²) in [5, 5.41) is 3.44. The molecule has 15 heavy (non-hydrogen) atoms. The third kappa shape index (κ3) is 2.18. The lowest BCUT2D eigenvalue weighted by molar-refractivity contribution is 0.0601. The number of azide groups is 1. The highest BCUT2D eigenvalue weighted by molar-refractivity contribution is 5.92. The van der Waals surface area contributed by atoms with Gasteiger partial charge < -0.3 is 10.5 Å². The first-order valence-electron chi connectivity index (χ1n) is 4.13. The van der Waals surface area contributed by atoms with Crippen LogP contribution < -0.4 is 5.73 Å². The Labute approximate surface area is 86.3 Å². The molecule has 0 amide bonds. The van der Waals surface area contributed by atoms with Gasteiger partial charge in [0.15, 0.2) is 0 Å². The van der Waals surface area contributed by atoms with Gasteiger partial charge in [0.05, 0.1) is 12.7 Å². The maximum absolute atomic E-state index is 11.2. The number of nitrogens with two attached hydrogens (primary N) is 1. The zero-order chi connectivity index (χ0) is 11.4. The molecule has 0 atom stereocenters. The number of nitrogen functional groups attached to an aromatic ring is 1. The van der Waals surface area contributed by atoms with Crippen molar-refractivity contribution in [2.24, 2.45) is 5.11 Å². The first-order chi connectivity index (χ1) is 7.10. The molecule has 0 radical (unpaired) electrons. The van der Waals surface area contributed by atoms with Gasteiger partial charge in [-0.25, -0.2) is 4.79 Å². The SMILES string of the molecule is COC(=O)c1cc(N)c(C)c(N=[N+]=[N-])c1. The van der Waals surface area contributed by atoms with Crippen LogP contribution in [0.5, 0.6) is 0 Å². The highest BCUT2D eigenvalue weighted by atomic mass is 16.5. The number of esters is 1. The van der Waals surface area contributed by atoms with E-state index in [0.29, 0.717) is 16.9 Å². The second kappa shape index (κ2) is 4.34. The van der Waals surface area contributed by atoms with Crippen molar-refractivity contribution in [2.45, 2.75) is 6.92 Å². The molecule has 0 aliphatic rings. The summed E-state index contributed by atoms with van der Waals surface area (Å²) in [7, 11) is 1.27. The summed E-state index contributed by atoms with van der Waals surface area (Å²) < 4.78 is 4.53. The normalized spacial score (nSPS) is 9.20. The average Bonchev–Trinajstić information content (AvgIpc) is 2.23. The van der Waals surface area contributed by atoms with Crippen LogP contribution in [0, 0.1) is 6.92 Å². The van der Waals surface area contributed by atoms with Crippen molar-refractivity contribution in [1.82, 2.24) is 0 Å². The molecule has 0 heterocycles. The quantitative estimate of drug-likeness (QED) is 0.264. The van der Waals surface area contributed by atoms with E-state index in [-0.39, 0.29) is 5.56 Å². The molecular formula is C9H10N4O2. The zero-order valence-electron chi connectivity index (χ0n) is 8.39. The summed E-state index contributed by atoms with van der Waals surface area (Å²) >= 11 is 0. The first-order valence-corrected chi connectivity index (χ1v) is 4.13. The van der Waals surface area contributed by atoms with E-state index in [9.17, 15) is 4.79 Å². The topological polar surface area (TPSA) is 101 Å². The molecule has 0 aliphatic carbocycles. The third-order valence-corrected chi connectivity index (χ3v) is 1.99. The Bertz CT molecular complexity index is 450. The molecule has 0 aliphatic heterocycles. The number of rotatable bonds is 2. The maximum Gasteiger partial charge on any atom is 0.337 e. The number of hydrogen-bond donors (Lipinski definition) is 1. The second-order valence-electron chi connectivity index (χ2n) is 2.89. The van der Waals surface area contributed by atoms with Crippen LogP contribution in [0.25, 0.3) is 10.4 Å². The van der Waals surface area contributed by atoms with Gasteiger partial charge in [-0.15, -0.1) is 0 Å². The molecule has 6 heteroatoms. The molecule has 0 fully saturated rings. The Morgan fingerprint density at radius 1 is 1.60 bits per heavy atom. The van der Waals surface area contributed by atoms with E-state index in [1.165, 1.54) is 19.2 Å². The van der Waals surface area contributed by atoms with Gasteiger partial charge in [-0.1, -0.05) is 5.11 Å². The number of ether oxygens (including phenoxy) is 1. The molecule has 78 valence electrons. The Hall–Kier alpha value is -2.20. The van der Waals surface area contributed by atoms with Gasteiger partial charge >= 0.3 is 5.97 Å². The predicted octanol–water partition coefficient (Wildman–Crippen LogP) is 2.31. The number of anilines is 1. The van der Waals surface area contributed by atoms with Crippen LogP contribution in [0.2, 0.25) is 0 Å². The minimum Gasteiger partial charge on any atom is -0.465 e. The van der Waals surface area contributed by atoms with E-state index in [1.54, 1.807) is 6.92 Å². The number of hydrogen-bond acceptors (Lipinski definition) is 4. The minimum atomic E-state index is -0.518. The van der Waals surface area contributed by atoms with Gasteiger partial charge in [-0.3, -0.25) is 0 Å². The summed E-state index contributed by atoms with van der Waals surface area (Å²) in [5.41, 5.74) is 15.6. The van der Waals surface area contributed by atoms with Gasteiger partial charge in [0.2, 0.25) is 0 Å². The smallest absolute Gasteiger partial charge is 0.337 e. The fourth-order valence-corrected chi connectivity index (χ4v) is 1.11. The highest BCUT2D eigenvalue weighted by Crippen LogP contribution is 2.26. The highest BCUT2D eigenvalue weighted by Gasteiger charge is 2.10. The van der Waals surface area contributed by atoms with Crippen molar-refractivity contribution in [3.8, 4) is 0 Å². The van der Waals surface area contributed by atoms with Crippen molar-refractivity contribution in [1.29, 1.82) is 0 Å². The number of carbonyl (C=O) groups excluding carboxylic acids is 1. The Morgan fingerprint density at radius 2 is 2.27 bits per heavy atom. The lowest BCUT2D eigenvalue weighted by Gasteiger charge is -2.06. The van der Waals surface area contributed by atoms with Crippen LogP contribution in [0.4, 0.5) is 11.4 Å². The Balaban J connectivity index is 3.35.